The number of rotatable bonds is 4. The van der Waals surface area contributed by atoms with Gasteiger partial charge in [0.05, 0.1) is 24.9 Å². The molecule has 0 spiro atoms. The van der Waals surface area contributed by atoms with E-state index < -0.39 is 0 Å². The lowest BCUT2D eigenvalue weighted by Gasteiger charge is -2.11. The molecule has 0 aromatic heterocycles. The van der Waals surface area contributed by atoms with Crippen molar-refractivity contribution < 1.29 is 9.47 Å². The van der Waals surface area contributed by atoms with E-state index in [-0.39, 0.29) is 5.57 Å². The number of benzene rings is 1. The molecule has 0 atom stereocenters. The number of halogens is 1. The summed E-state index contributed by atoms with van der Waals surface area (Å²) in [7, 11) is 2.99. The summed E-state index contributed by atoms with van der Waals surface area (Å²) in [5, 5.41) is 20.4. The minimum Gasteiger partial charge on any atom is -0.495 e. The molecule has 0 aliphatic rings. The molecule has 1 aromatic rings. The zero-order valence-electron chi connectivity index (χ0n) is 9.82. The summed E-state index contributed by atoms with van der Waals surface area (Å²) in [6.07, 6.45) is 1.28. The van der Waals surface area contributed by atoms with Crippen molar-refractivity contribution in [2.45, 2.75) is 0 Å². The number of anilines is 1. The highest BCUT2D eigenvalue weighted by molar-refractivity contribution is 6.32. The molecule has 1 N–H and O–H groups in total. The molecule has 18 heavy (non-hydrogen) atoms. The highest BCUT2D eigenvalue weighted by Crippen LogP contribution is 2.35. The first kappa shape index (κ1) is 13.7. The number of allylic oxidation sites excluding steroid dienone is 1. The van der Waals surface area contributed by atoms with Crippen LogP contribution in [0.25, 0.3) is 0 Å². The summed E-state index contributed by atoms with van der Waals surface area (Å²) in [6, 6.07) is 6.66. The summed E-state index contributed by atoms with van der Waals surface area (Å²) in [4.78, 5) is 0. The fourth-order valence-corrected chi connectivity index (χ4v) is 1.45. The number of hydrogen-bond acceptors (Lipinski definition) is 5. The van der Waals surface area contributed by atoms with Gasteiger partial charge in [-0.15, -0.1) is 0 Å². The number of nitriles is 2. The first-order chi connectivity index (χ1) is 8.65. The molecule has 1 aromatic carbocycles. The van der Waals surface area contributed by atoms with Crippen molar-refractivity contribution in [2.75, 3.05) is 19.5 Å². The molecule has 0 radical (unpaired) electrons. The average molecular weight is 264 g/mol. The Labute approximate surface area is 110 Å². The van der Waals surface area contributed by atoms with Crippen LogP contribution in [0.3, 0.4) is 0 Å². The summed E-state index contributed by atoms with van der Waals surface area (Å²) < 4.78 is 10.2. The van der Waals surface area contributed by atoms with E-state index in [0.29, 0.717) is 22.2 Å². The second-order valence-corrected chi connectivity index (χ2v) is 3.52. The van der Waals surface area contributed by atoms with Crippen LogP contribution < -0.4 is 14.8 Å². The van der Waals surface area contributed by atoms with Gasteiger partial charge in [-0.25, -0.2) is 0 Å². The molecule has 0 saturated heterocycles. The van der Waals surface area contributed by atoms with Crippen LogP contribution in [0.5, 0.6) is 11.5 Å². The second-order valence-electron chi connectivity index (χ2n) is 3.11. The highest BCUT2D eigenvalue weighted by Gasteiger charge is 2.09. The Hall–Kier alpha value is -2.37. The third-order valence-electron chi connectivity index (χ3n) is 2.09. The van der Waals surface area contributed by atoms with Gasteiger partial charge < -0.3 is 14.8 Å². The van der Waals surface area contributed by atoms with E-state index in [1.165, 1.54) is 20.4 Å². The van der Waals surface area contributed by atoms with E-state index in [1.807, 2.05) is 0 Å². The molecule has 92 valence electrons. The zero-order chi connectivity index (χ0) is 13.5. The van der Waals surface area contributed by atoms with Crippen LogP contribution in [0.2, 0.25) is 5.02 Å². The summed E-state index contributed by atoms with van der Waals surface area (Å²) in [5.41, 5.74) is 0.482. The first-order valence-corrected chi connectivity index (χ1v) is 5.22. The lowest BCUT2D eigenvalue weighted by molar-refractivity contribution is 0.396. The Kier molecular flexibility index (Phi) is 4.86. The Balaban J connectivity index is 3.11. The van der Waals surface area contributed by atoms with Gasteiger partial charge in [-0.3, -0.25) is 0 Å². The zero-order valence-corrected chi connectivity index (χ0v) is 10.6. The minimum atomic E-state index is -0.0519. The van der Waals surface area contributed by atoms with Crippen LogP contribution in [0.4, 0.5) is 5.69 Å². The van der Waals surface area contributed by atoms with Gasteiger partial charge in [0, 0.05) is 12.3 Å². The number of nitrogens with zero attached hydrogens (tertiary/aromatic N) is 2. The lowest BCUT2D eigenvalue weighted by atomic mass is 10.2. The van der Waals surface area contributed by atoms with Crippen molar-refractivity contribution in [3.8, 4) is 23.6 Å². The van der Waals surface area contributed by atoms with E-state index in [2.05, 4.69) is 5.32 Å². The molecular formula is C12H10ClN3O2. The molecule has 0 aliphatic carbocycles. The molecular weight excluding hydrogens is 254 g/mol. The van der Waals surface area contributed by atoms with Crippen molar-refractivity contribution in [2.24, 2.45) is 0 Å². The summed E-state index contributed by atoms with van der Waals surface area (Å²) >= 11 is 5.97. The van der Waals surface area contributed by atoms with Crippen molar-refractivity contribution in [1.82, 2.24) is 0 Å². The first-order valence-electron chi connectivity index (χ1n) is 4.84. The molecule has 0 bridgehead atoms. The van der Waals surface area contributed by atoms with E-state index >= 15 is 0 Å². The minimum absolute atomic E-state index is 0.0519. The van der Waals surface area contributed by atoms with Crippen molar-refractivity contribution in [1.29, 1.82) is 10.5 Å². The molecule has 1 rings (SSSR count). The number of ether oxygens (including phenoxy) is 2. The van der Waals surface area contributed by atoms with Crippen LogP contribution in [-0.4, -0.2) is 14.2 Å². The van der Waals surface area contributed by atoms with Crippen molar-refractivity contribution in [3.05, 3.63) is 28.9 Å². The maximum absolute atomic E-state index is 8.61. The van der Waals surface area contributed by atoms with Gasteiger partial charge in [-0.2, -0.15) is 10.5 Å². The quantitative estimate of drug-likeness (QED) is 0.845. The molecule has 0 amide bonds. The Morgan fingerprint density at radius 2 is 1.83 bits per heavy atom. The van der Waals surface area contributed by atoms with Gasteiger partial charge in [-0.1, -0.05) is 11.6 Å². The monoisotopic (exact) mass is 263 g/mol. The Morgan fingerprint density at radius 3 is 2.33 bits per heavy atom. The van der Waals surface area contributed by atoms with E-state index in [1.54, 1.807) is 24.3 Å². The van der Waals surface area contributed by atoms with E-state index in [4.69, 9.17) is 31.6 Å². The largest absolute Gasteiger partial charge is 0.495 e. The van der Waals surface area contributed by atoms with Crippen LogP contribution in [0.15, 0.2) is 23.9 Å². The average Bonchev–Trinajstić information content (AvgIpc) is 2.40. The predicted octanol–water partition coefficient (Wildman–Crippen LogP) is 2.70. The summed E-state index contributed by atoms with van der Waals surface area (Å²) in [6.45, 7) is 0. The molecule has 0 heterocycles. The van der Waals surface area contributed by atoms with Crippen LogP contribution in [0, 0.1) is 22.7 Å². The third kappa shape index (κ3) is 3.07. The number of methoxy groups -OCH3 is 2. The highest BCUT2D eigenvalue weighted by atomic mass is 35.5. The Bertz CT molecular complexity index is 540. The predicted molar refractivity (Wildman–Crippen MR) is 67.5 cm³/mol. The van der Waals surface area contributed by atoms with Gasteiger partial charge in [-0.05, 0) is 6.07 Å². The van der Waals surface area contributed by atoms with E-state index in [9.17, 15) is 0 Å². The van der Waals surface area contributed by atoms with E-state index in [0.717, 1.165) is 0 Å². The van der Waals surface area contributed by atoms with Crippen LogP contribution in [-0.2, 0) is 0 Å². The standard InChI is InChI=1S/C12H10ClN3O2/c1-17-11-4-12(18-2)10(3-9(11)13)16-7-8(5-14)6-15/h3-4,7,16H,1-2H3. The number of nitrogens with one attached hydrogen (secondary N) is 1. The van der Waals surface area contributed by atoms with Gasteiger partial charge in [0.2, 0.25) is 0 Å². The van der Waals surface area contributed by atoms with Gasteiger partial charge in [0.1, 0.15) is 29.2 Å². The van der Waals surface area contributed by atoms with Gasteiger partial charge in [0.15, 0.2) is 0 Å². The molecule has 0 fully saturated rings. The molecule has 0 aliphatic heterocycles. The summed E-state index contributed by atoms with van der Waals surface area (Å²) in [5.74, 6) is 0.964. The number of hydrogen-bond donors (Lipinski definition) is 1. The van der Waals surface area contributed by atoms with Crippen LogP contribution in [0.1, 0.15) is 0 Å². The second kappa shape index (κ2) is 6.39. The molecule has 0 saturated carbocycles. The van der Waals surface area contributed by atoms with Gasteiger partial charge >= 0.3 is 0 Å². The topological polar surface area (TPSA) is 78.1 Å². The van der Waals surface area contributed by atoms with Gasteiger partial charge in [0.25, 0.3) is 0 Å². The molecule has 0 unspecified atom stereocenters. The van der Waals surface area contributed by atoms with Crippen molar-refractivity contribution >= 4 is 17.3 Å². The van der Waals surface area contributed by atoms with Crippen LogP contribution >= 0.6 is 11.6 Å². The molecule has 6 heteroatoms. The fourth-order valence-electron chi connectivity index (χ4n) is 1.21. The SMILES string of the molecule is COc1cc(OC)c(NC=C(C#N)C#N)cc1Cl. The maximum atomic E-state index is 8.61. The third-order valence-corrected chi connectivity index (χ3v) is 2.38. The molecule has 5 nitrogen and oxygen atoms in total. The van der Waals surface area contributed by atoms with Crippen molar-refractivity contribution in [3.63, 3.8) is 0 Å². The lowest BCUT2D eigenvalue weighted by Crippen LogP contribution is -1.96. The fraction of sp³-hybridized carbons (Fsp3) is 0.167. The maximum Gasteiger partial charge on any atom is 0.146 e. The Morgan fingerprint density at radius 1 is 1.22 bits per heavy atom. The normalized spacial score (nSPS) is 8.72. The smallest absolute Gasteiger partial charge is 0.146 e.